The highest BCUT2D eigenvalue weighted by Gasteiger charge is 2.18. The second kappa shape index (κ2) is 5.48. The molecule has 0 bridgehead atoms. The fourth-order valence-electron chi connectivity index (χ4n) is 1.60. The van der Waals surface area contributed by atoms with Gasteiger partial charge in [0.05, 0.1) is 17.2 Å². The molecule has 0 aromatic carbocycles. The summed E-state index contributed by atoms with van der Waals surface area (Å²) in [5, 5.41) is 4.50. The molecule has 1 N–H and O–H groups in total. The lowest BCUT2D eigenvalue weighted by Crippen LogP contribution is -2.06. The summed E-state index contributed by atoms with van der Waals surface area (Å²) in [5.41, 5.74) is 1.80. The van der Waals surface area contributed by atoms with Gasteiger partial charge in [0.1, 0.15) is 5.76 Å². The van der Waals surface area contributed by atoms with Crippen LogP contribution in [0.3, 0.4) is 0 Å². The van der Waals surface area contributed by atoms with Crippen molar-refractivity contribution in [2.45, 2.75) is 37.7 Å². The Bertz CT molecular complexity index is 584. The smallest absolute Gasteiger partial charge is 0.358 e. The molecule has 2 aromatic rings. The number of carbonyl (C=O) groups is 1. The summed E-state index contributed by atoms with van der Waals surface area (Å²) in [6.07, 6.45) is 0. The normalized spacial score (nSPS) is 10.7. The van der Waals surface area contributed by atoms with Gasteiger partial charge in [0.25, 0.3) is 0 Å². The molecule has 0 spiro atoms. The minimum atomic E-state index is -0.415. The largest absolute Gasteiger partial charge is 0.461 e. The SMILES string of the molecule is CCOC(=O)c1nc(Sc2c(C)noc2C)[nH]c1C. The lowest BCUT2D eigenvalue weighted by atomic mass is 10.3. The van der Waals surface area contributed by atoms with E-state index in [0.717, 1.165) is 16.3 Å². The third-order valence-electron chi connectivity index (χ3n) is 2.50. The molecule has 0 aliphatic carbocycles. The number of aryl methyl sites for hydroxylation is 3. The molecule has 19 heavy (non-hydrogen) atoms. The Morgan fingerprint density at radius 1 is 1.42 bits per heavy atom. The highest BCUT2D eigenvalue weighted by molar-refractivity contribution is 7.99. The Kier molecular flexibility index (Phi) is 3.94. The van der Waals surface area contributed by atoms with Crippen LogP contribution in [0.15, 0.2) is 14.6 Å². The number of aromatic nitrogens is 3. The summed E-state index contributed by atoms with van der Waals surface area (Å²) >= 11 is 1.39. The van der Waals surface area contributed by atoms with E-state index in [1.54, 1.807) is 13.8 Å². The van der Waals surface area contributed by atoms with Gasteiger partial charge in [-0.25, -0.2) is 9.78 Å². The van der Waals surface area contributed by atoms with Crippen LogP contribution in [0.1, 0.15) is 34.6 Å². The molecule has 0 atom stereocenters. The highest BCUT2D eigenvalue weighted by atomic mass is 32.2. The van der Waals surface area contributed by atoms with Crippen molar-refractivity contribution in [1.82, 2.24) is 15.1 Å². The molecular formula is C12H15N3O3S. The maximum absolute atomic E-state index is 11.7. The molecule has 7 heteroatoms. The van der Waals surface area contributed by atoms with Crippen molar-refractivity contribution in [3.05, 3.63) is 22.8 Å². The van der Waals surface area contributed by atoms with Crippen molar-refractivity contribution >= 4 is 17.7 Å². The van der Waals surface area contributed by atoms with Crippen molar-refractivity contribution in [2.75, 3.05) is 6.61 Å². The predicted molar refractivity (Wildman–Crippen MR) is 69.4 cm³/mol. The number of hydrogen-bond acceptors (Lipinski definition) is 6. The fraction of sp³-hybridized carbons (Fsp3) is 0.417. The Morgan fingerprint density at radius 3 is 2.74 bits per heavy atom. The third-order valence-corrected chi connectivity index (χ3v) is 3.67. The quantitative estimate of drug-likeness (QED) is 0.868. The number of carbonyl (C=O) groups excluding carboxylic acids is 1. The van der Waals surface area contributed by atoms with Crippen molar-refractivity contribution in [2.24, 2.45) is 0 Å². The molecule has 2 rings (SSSR count). The standard InChI is InChI=1S/C12H15N3O3S/c1-5-17-11(16)9-6(2)13-12(14-9)19-10-7(3)15-18-8(10)4/h5H2,1-4H3,(H,13,14). The molecule has 0 saturated carbocycles. The van der Waals surface area contributed by atoms with Gasteiger partial charge in [0, 0.05) is 5.69 Å². The Labute approximate surface area is 114 Å². The van der Waals surface area contributed by atoms with E-state index in [1.807, 2.05) is 13.8 Å². The molecule has 0 unspecified atom stereocenters. The van der Waals surface area contributed by atoms with Crippen molar-refractivity contribution in [3.63, 3.8) is 0 Å². The number of rotatable bonds is 4. The van der Waals surface area contributed by atoms with E-state index < -0.39 is 5.97 Å². The van der Waals surface area contributed by atoms with Gasteiger partial charge in [-0.2, -0.15) is 0 Å². The van der Waals surface area contributed by atoms with E-state index >= 15 is 0 Å². The molecule has 0 fully saturated rings. The van der Waals surface area contributed by atoms with Crippen molar-refractivity contribution in [3.8, 4) is 0 Å². The summed E-state index contributed by atoms with van der Waals surface area (Å²) in [4.78, 5) is 19.9. The number of aromatic amines is 1. The monoisotopic (exact) mass is 281 g/mol. The minimum absolute atomic E-state index is 0.316. The summed E-state index contributed by atoms with van der Waals surface area (Å²) < 4.78 is 10.0. The summed E-state index contributed by atoms with van der Waals surface area (Å²) in [6.45, 7) is 7.58. The van der Waals surface area contributed by atoms with Crippen LogP contribution in [0.4, 0.5) is 0 Å². The van der Waals surface area contributed by atoms with Crippen molar-refractivity contribution < 1.29 is 14.1 Å². The molecule has 102 valence electrons. The van der Waals surface area contributed by atoms with Crippen LogP contribution in [0, 0.1) is 20.8 Å². The van der Waals surface area contributed by atoms with Gasteiger partial charge < -0.3 is 14.2 Å². The maximum atomic E-state index is 11.7. The maximum Gasteiger partial charge on any atom is 0.358 e. The molecule has 0 aliphatic heterocycles. The predicted octanol–water partition coefficient (Wildman–Crippen LogP) is 2.65. The van der Waals surface area contributed by atoms with E-state index in [4.69, 9.17) is 9.26 Å². The number of nitrogens with zero attached hydrogens (tertiary/aromatic N) is 2. The first-order chi connectivity index (χ1) is 9.02. The van der Waals surface area contributed by atoms with E-state index in [-0.39, 0.29) is 0 Å². The zero-order valence-corrected chi connectivity index (χ0v) is 12.1. The number of hydrogen-bond donors (Lipinski definition) is 1. The van der Waals surface area contributed by atoms with E-state index in [0.29, 0.717) is 23.2 Å². The van der Waals surface area contributed by atoms with Crippen LogP contribution >= 0.6 is 11.8 Å². The zero-order chi connectivity index (χ0) is 14.0. The van der Waals surface area contributed by atoms with E-state index in [9.17, 15) is 4.79 Å². The van der Waals surface area contributed by atoms with Gasteiger partial charge in [-0.15, -0.1) is 0 Å². The fourth-order valence-corrected chi connectivity index (χ4v) is 2.50. The van der Waals surface area contributed by atoms with Crippen LogP contribution in [-0.4, -0.2) is 27.7 Å². The second-order valence-electron chi connectivity index (χ2n) is 3.99. The topological polar surface area (TPSA) is 81.0 Å². The Balaban J connectivity index is 2.23. The summed E-state index contributed by atoms with van der Waals surface area (Å²) in [5.74, 6) is 0.316. The number of imidazole rings is 1. The van der Waals surface area contributed by atoms with E-state index in [2.05, 4.69) is 15.1 Å². The highest BCUT2D eigenvalue weighted by Crippen LogP contribution is 2.31. The van der Waals surface area contributed by atoms with Gasteiger partial charge in [0.2, 0.25) is 0 Å². The summed E-state index contributed by atoms with van der Waals surface area (Å²) in [6, 6.07) is 0. The van der Waals surface area contributed by atoms with Crippen molar-refractivity contribution in [1.29, 1.82) is 0 Å². The van der Waals surface area contributed by atoms with Gasteiger partial charge >= 0.3 is 5.97 Å². The average Bonchev–Trinajstić information content (AvgIpc) is 2.87. The third kappa shape index (κ3) is 2.81. The van der Waals surface area contributed by atoms with Crippen LogP contribution < -0.4 is 0 Å². The average molecular weight is 281 g/mol. The molecule has 2 aromatic heterocycles. The number of ether oxygens (including phenoxy) is 1. The molecule has 0 amide bonds. The zero-order valence-electron chi connectivity index (χ0n) is 11.2. The van der Waals surface area contributed by atoms with Crippen LogP contribution in [0.2, 0.25) is 0 Å². The Morgan fingerprint density at radius 2 is 2.16 bits per heavy atom. The number of esters is 1. The molecule has 0 aliphatic rings. The number of nitrogens with one attached hydrogen (secondary N) is 1. The first kappa shape index (κ1) is 13.7. The molecule has 0 radical (unpaired) electrons. The van der Waals surface area contributed by atoms with E-state index in [1.165, 1.54) is 11.8 Å². The van der Waals surface area contributed by atoms with Gasteiger partial charge in [-0.3, -0.25) is 0 Å². The lowest BCUT2D eigenvalue weighted by molar-refractivity contribution is 0.0519. The molecular weight excluding hydrogens is 266 g/mol. The summed E-state index contributed by atoms with van der Waals surface area (Å²) in [7, 11) is 0. The molecule has 6 nitrogen and oxygen atoms in total. The Hall–Kier alpha value is -1.76. The van der Waals surface area contributed by atoms with Crippen LogP contribution in [0.25, 0.3) is 0 Å². The number of H-pyrrole nitrogens is 1. The van der Waals surface area contributed by atoms with Gasteiger partial charge in [-0.05, 0) is 39.5 Å². The first-order valence-electron chi connectivity index (χ1n) is 5.87. The van der Waals surface area contributed by atoms with Crippen LogP contribution in [-0.2, 0) is 4.74 Å². The molecule has 0 saturated heterocycles. The van der Waals surface area contributed by atoms with Gasteiger partial charge in [0.15, 0.2) is 10.9 Å². The van der Waals surface area contributed by atoms with Crippen LogP contribution in [0.5, 0.6) is 0 Å². The molecule has 2 heterocycles. The minimum Gasteiger partial charge on any atom is -0.461 e. The second-order valence-corrected chi connectivity index (χ2v) is 4.99. The lowest BCUT2D eigenvalue weighted by Gasteiger charge is -1.97. The van der Waals surface area contributed by atoms with Gasteiger partial charge in [-0.1, -0.05) is 5.16 Å². The first-order valence-corrected chi connectivity index (χ1v) is 6.69.